The van der Waals surface area contributed by atoms with Gasteiger partial charge in [0.2, 0.25) is 0 Å². The van der Waals surface area contributed by atoms with Crippen molar-refractivity contribution < 1.29 is 23.8 Å². The number of pyridine rings is 1. The summed E-state index contributed by atoms with van der Waals surface area (Å²) in [5.74, 6) is -0.236. The minimum atomic E-state index is -0.612. The van der Waals surface area contributed by atoms with E-state index in [1.807, 2.05) is 16.8 Å². The predicted octanol–water partition coefficient (Wildman–Crippen LogP) is 4.66. The van der Waals surface area contributed by atoms with Crippen LogP contribution in [0.5, 0.6) is 5.75 Å². The first kappa shape index (κ1) is 27.2. The molecule has 1 aliphatic heterocycles. The normalized spacial score (nSPS) is 14.4. The fraction of sp³-hybridized carbons (Fsp3) is 0.448. The Morgan fingerprint density at radius 2 is 1.79 bits per heavy atom. The Labute approximate surface area is 222 Å². The fourth-order valence-electron chi connectivity index (χ4n) is 4.91. The van der Waals surface area contributed by atoms with Gasteiger partial charge in [0, 0.05) is 41.2 Å². The molecule has 0 fully saturated rings. The van der Waals surface area contributed by atoms with Crippen molar-refractivity contribution in [1.82, 2.24) is 14.3 Å². The molecule has 1 aromatic carbocycles. The molecule has 0 saturated carbocycles. The van der Waals surface area contributed by atoms with E-state index in [0.717, 1.165) is 27.9 Å². The molecule has 3 heterocycles. The van der Waals surface area contributed by atoms with Gasteiger partial charge in [-0.05, 0) is 43.4 Å². The topological polar surface area (TPSA) is 102 Å². The molecule has 0 saturated heterocycles. The van der Waals surface area contributed by atoms with Crippen molar-refractivity contribution in [3.63, 3.8) is 0 Å². The first-order valence-electron chi connectivity index (χ1n) is 12.9. The van der Waals surface area contributed by atoms with E-state index in [1.54, 1.807) is 38.0 Å². The first-order chi connectivity index (χ1) is 18.1. The second-order valence-corrected chi connectivity index (χ2v) is 10.4. The lowest BCUT2D eigenvalue weighted by Gasteiger charge is -2.39. The lowest BCUT2D eigenvalue weighted by molar-refractivity contribution is -0.143. The van der Waals surface area contributed by atoms with Gasteiger partial charge in [0.05, 0.1) is 45.2 Å². The van der Waals surface area contributed by atoms with Crippen LogP contribution in [0.3, 0.4) is 0 Å². The summed E-state index contributed by atoms with van der Waals surface area (Å²) >= 11 is 0. The maximum atomic E-state index is 13.0. The van der Waals surface area contributed by atoms with Gasteiger partial charge in [-0.1, -0.05) is 20.8 Å². The summed E-state index contributed by atoms with van der Waals surface area (Å²) in [5.41, 5.74) is 3.93. The number of carbonyl (C=O) groups excluding carboxylic acids is 2. The van der Waals surface area contributed by atoms with E-state index >= 15 is 0 Å². The number of rotatable bonds is 8. The van der Waals surface area contributed by atoms with Gasteiger partial charge in [-0.2, -0.15) is 5.10 Å². The summed E-state index contributed by atoms with van der Waals surface area (Å²) in [5, 5.41) is 4.42. The Morgan fingerprint density at radius 3 is 2.45 bits per heavy atom. The summed E-state index contributed by atoms with van der Waals surface area (Å²) in [4.78, 5) is 37.2. The van der Waals surface area contributed by atoms with E-state index in [1.165, 1.54) is 6.07 Å². The second-order valence-electron chi connectivity index (χ2n) is 10.4. The van der Waals surface area contributed by atoms with Crippen molar-refractivity contribution in [2.45, 2.75) is 60.0 Å². The van der Waals surface area contributed by atoms with Gasteiger partial charge in [-0.3, -0.25) is 14.3 Å². The van der Waals surface area contributed by atoms with E-state index in [9.17, 15) is 14.4 Å². The van der Waals surface area contributed by atoms with Crippen LogP contribution in [-0.4, -0.2) is 46.6 Å². The van der Waals surface area contributed by atoms with Gasteiger partial charge in [0.1, 0.15) is 11.3 Å². The number of nitrogens with zero attached hydrogens (tertiary/aromatic N) is 3. The molecule has 9 heteroatoms. The maximum absolute atomic E-state index is 13.0. The van der Waals surface area contributed by atoms with Gasteiger partial charge < -0.3 is 18.8 Å². The molecule has 0 bridgehead atoms. The van der Waals surface area contributed by atoms with Gasteiger partial charge in [-0.25, -0.2) is 4.79 Å². The zero-order chi connectivity index (χ0) is 27.6. The van der Waals surface area contributed by atoms with Crippen molar-refractivity contribution in [2.75, 3.05) is 20.3 Å². The zero-order valence-electron chi connectivity index (χ0n) is 22.9. The van der Waals surface area contributed by atoms with Crippen LogP contribution in [-0.2, 0) is 27.2 Å². The van der Waals surface area contributed by atoms with Crippen LogP contribution in [0.1, 0.15) is 63.0 Å². The van der Waals surface area contributed by atoms with E-state index < -0.39 is 5.97 Å². The lowest BCUT2D eigenvalue weighted by Crippen LogP contribution is -2.33. The molecule has 0 amide bonds. The lowest BCUT2D eigenvalue weighted by atomic mass is 9.78. The molecule has 4 rings (SSSR count). The van der Waals surface area contributed by atoms with Crippen LogP contribution in [0.4, 0.5) is 0 Å². The molecule has 0 aliphatic carbocycles. The highest BCUT2D eigenvalue weighted by Gasteiger charge is 2.34. The second kappa shape index (κ2) is 10.8. The molecular formula is C29H35N3O6. The number of ether oxygens (including phenoxy) is 3. The number of methoxy groups -OCH3 is 1. The number of aryl methyl sites for hydroxylation is 1. The Hall–Kier alpha value is -3.88. The predicted molar refractivity (Wildman–Crippen MR) is 143 cm³/mol. The van der Waals surface area contributed by atoms with Gasteiger partial charge in [0.15, 0.2) is 5.43 Å². The van der Waals surface area contributed by atoms with E-state index in [0.29, 0.717) is 25.3 Å². The van der Waals surface area contributed by atoms with Crippen molar-refractivity contribution in [1.29, 1.82) is 0 Å². The first-order valence-corrected chi connectivity index (χ1v) is 12.9. The average Bonchev–Trinajstić information content (AvgIpc) is 3.34. The molecule has 2 aromatic heterocycles. The summed E-state index contributed by atoms with van der Waals surface area (Å²) < 4.78 is 19.7. The fourth-order valence-corrected chi connectivity index (χ4v) is 4.91. The van der Waals surface area contributed by atoms with E-state index in [2.05, 4.69) is 31.9 Å². The van der Waals surface area contributed by atoms with Crippen molar-refractivity contribution >= 4 is 11.9 Å². The minimum absolute atomic E-state index is 0.00711. The van der Waals surface area contributed by atoms with Gasteiger partial charge in [0.25, 0.3) is 0 Å². The highest BCUT2D eigenvalue weighted by molar-refractivity contribution is 5.89. The average molecular weight is 522 g/mol. The van der Waals surface area contributed by atoms with Gasteiger partial charge >= 0.3 is 11.9 Å². The Morgan fingerprint density at radius 1 is 1.05 bits per heavy atom. The number of carbonyl (C=O) groups is 2. The third-order valence-electron chi connectivity index (χ3n) is 6.82. The Bertz CT molecular complexity index is 1410. The van der Waals surface area contributed by atoms with Crippen LogP contribution in [0.25, 0.3) is 22.4 Å². The molecular weight excluding hydrogens is 486 g/mol. The monoisotopic (exact) mass is 521 g/mol. The third kappa shape index (κ3) is 5.37. The molecule has 1 aliphatic rings. The molecule has 3 aromatic rings. The minimum Gasteiger partial charge on any atom is -0.496 e. The summed E-state index contributed by atoms with van der Waals surface area (Å²) in [6.07, 6.45) is 6.22. The molecule has 0 spiro atoms. The molecule has 0 radical (unpaired) electrons. The Kier molecular flexibility index (Phi) is 7.76. The number of aromatic nitrogens is 3. The number of benzene rings is 1. The number of esters is 2. The maximum Gasteiger partial charge on any atom is 0.343 e. The smallest absolute Gasteiger partial charge is 0.343 e. The zero-order valence-corrected chi connectivity index (χ0v) is 22.9. The summed E-state index contributed by atoms with van der Waals surface area (Å²) in [7, 11) is 1.61. The molecule has 1 atom stereocenters. The molecule has 9 nitrogen and oxygen atoms in total. The molecule has 1 unspecified atom stereocenters. The summed E-state index contributed by atoms with van der Waals surface area (Å²) in [6.45, 7) is 10.9. The number of fused-ring (bicyclic) bond motifs is 3. The van der Waals surface area contributed by atoms with Crippen molar-refractivity contribution in [3.05, 3.63) is 58.1 Å². The largest absolute Gasteiger partial charge is 0.496 e. The molecule has 0 N–H and O–H groups in total. The highest BCUT2D eigenvalue weighted by Crippen LogP contribution is 2.45. The number of hydrogen-bond acceptors (Lipinski definition) is 7. The third-order valence-corrected chi connectivity index (χ3v) is 6.82. The van der Waals surface area contributed by atoms with Crippen LogP contribution in [0.2, 0.25) is 0 Å². The molecule has 38 heavy (non-hydrogen) atoms. The highest BCUT2D eigenvalue weighted by atomic mass is 16.5. The van der Waals surface area contributed by atoms with Gasteiger partial charge in [-0.15, -0.1) is 0 Å². The van der Waals surface area contributed by atoms with Crippen molar-refractivity contribution in [2.24, 2.45) is 5.41 Å². The van der Waals surface area contributed by atoms with Crippen molar-refractivity contribution in [3.8, 4) is 28.1 Å². The summed E-state index contributed by atoms with van der Waals surface area (Å²) in [6, 6.07) is 5.55. The SMILES string of the molecule is CCOC(=O)CCn1cc(-c2cc3c(cc2OC)-c2cc(=O)c(C(=O)OCC)cn2C(C(C)(C)C)C3)cn1. The van der Waals surface area contributed by atoms with E-state index in [-0.39, 0.29) is 41.4 Å². The molecule has 202 valence electrons. The number of hydrogen-bond donors (Lipinski definition) is 0. The van der Waals surface area contributed by atoms with Crippen LogP contribution in [0, 0.1) is 5.41 Å². The standard InChI is InChI=1S/C29H35N3O6/c1-7-37-27(34)9-10-31-16-19(15-30-31)21-11-18-12-26(29(3,4)5)32-17-22(28(35)38-8-2)24(33)14-23(32)20(18)13-25(21)36-6/h11,13-17,26H,7-10,12H2,1-6H3. The van der Waals surface area contributed by atoms with Crippen LogP contribution in [0.15, 0.2) is 41.6 Å². The van der Waals surface area contributed by atoms with Crippen LogP contribution < -0.4 is 10.2 Å². The quantitative estimate of drug-likeness (QED) is 0.397. The Balaban J connectivity index is 1.79. The van der Waals surface area contributed by atoms with E-state index in [4.69, 9.17) is 14.2 Å². The van der Waals surface area contributed by atoms with Crippen LogP contribution >= 0.6 is 0 Å².